The van der Waals surface area contributed by atoms with Crippen molar-refractivity contribution in [3.63, 3.8) is 0 Å². The number of nitrogens with zero attached hydrogens (tertiary/aromatic N) is 2. The molecule has 146 valence electrons. The maximum Gasteiger partial charge on any atom is 0.339 e. The molecule has 2 aromatic heterocycles. The zero-order valence-corrected chi connectivity index (χ0v) is 16.3. The summed E-state index contributed by atoms with van der Waals surface area (Å²) in [6.45, 7) is 0. The number of nitrogens with one attached hydrogen (secondary N) is 1. The van der Waals surface area contributed by atoms with Gasteiger partial charge in [0.05, 0.1) is 30.1 Å². The van der Waals surface area contributed by atoms with Crippen molar-refractivity contribution in [2.24, 2.45) is 14.1 Å². The lowest BCUT2D eigenvalue weighted by Gasteiger charge is -2.23. The predicted octanol–water partition coefficient (Wildman–Crippen LogP) is 3.50. The molecule has 0 amide bonds. The van der Waals surface area contributed by atoms with Gasteiger partial charge in [-0.2, -0.15) is 0 Å². The zero-order valence-electron chi connectivity index (χ0n) is 15.6. The molecule has 0 fully saturated rings. The predicted molar refractivity (Wildman–Crippen MR) is 105 cm³/mol. The third kappa shape index (κ3) is 3.80. The first-order chi connectivity index (χ1) is 13.3. The molecule has 0 saturated heterocycles. The Labute approximate surface area is 166 Å². The molecule has 6 nitrogen and oxygen atoms in total. The molecule has 0 aliphatic carbocycles. The highest BCUT2D eigenvalue weighted by Gasteiger charge is 2.25. The Kier molecular flexibility index (Phi) is 5.56. The minimum absolute atomic E-state index is 0.0606. The Balaban J connectivity index is 2.14. The summed E-state index contributed by atoms with van der Waals surface area (Å²) in [6.07, 6.45) is 3.35. The monoisotopic (exact) mass is 403 g/mol. The zero-order chi connectivity index (χ0) is 20.4. The van der Waals surface area contributed by atoms with Gasteiger partial charge in [0.25, 0.3) is 5.56 Å². The molecule has 0 aliphatic heterocycles. The number of methoxy groups -OCH3 is 1. The van der Waals surface area contributed by atoms with Crippen molar-refractivity contribution in [2.75, 3.05) is 12.4 Å². The van der Waals surface area contributed by atoms with Crippen LogP contribution in [0.3, 0.4) is 0 Å². The highest BCUT2D eigenvalue weighted by Crippen LogP contribution is 2.30. The summed E-state index contributed by atoms with van der Waals surface area (Å²) in [6, 6.07) is 8.60. The fourth-order valence-corrected chi connectivity index (χ4v) is 3.32. The topological polar surface area (TPSA) is 65.3 Å². The third-order valence-corrected chi connectivity index (χ3v) is 4.72. The van der Waals surface area contributed by atoms with E-state index in [-0.39, 0.29) is 16.4 Å². The molecular formula is C20H19ClFN3O3. The van der Waals surface area contributed by atoms with Crippen molar-refractivity contribution in [3.8, 4) is 0 Å². The number of aromatic nitrogens is 2. The molecule has 0 aliphatic rings. The number of halogens is 2. The number of hydrogen-bond acceptors (Lipinski definition) is 4. The largest absolute Gasteiger partial charge is 0.465 e. The quantitative estimate of drug-likeness (QED) is 0.662. The molecule has 1 atom stereocenters. The third-order valence-electron chi connectivity index (χ3n) is 4.45. The molecule has 1 unspecified atom stereocenters. The summed E-state index contributed by atoms with van der Waals surface area (Å²) in [5.41, 5.74) is 1.97. The Morgan fingerprint density at radius 1 is 1.18 bits per heavy atom. The number of esters is 1. The first-order valence-corrected chi connectivity index (χ1v) is 8.81. The number of aryl methyl sites for hydroxylation is 2. The lowest BCUT2D eigenvalue weighted by molar-refractivity contribution is 0.0599. The molecule has 2 heterocycles. The van der Waals surface area contributed by atoms with Crippen LogP contribution in [-0.2, 0) is 18.8 Å². The van der Waals surface area contributed by atoms with Gasteiger partial charge in [-0.3, -0.25) is 4.79 Å². The lowest BCUT2D eigenvalue weighted by Crippen LogP contribution is -2.22. The molecule has 0 bridgehead atoms. The standard InChI is InChI=1S/C20H19ClFN3O3/c1-24-9-8-15(20(27)28-3)18(24)17(12-4-6-13(22)7-5-12)23-14-10-16(21)19(26)25(2)11-14/h4-11,17,23H,1-3H3. The molecule has 28 heavy (non-hydrogen) atoms. The number of carbonyl (C=O) groups is 1. The van der Waals surface area contributed by atoms with E-state index in [1.165, 1.54) is 29.9 Å². The van der Waals surface area contributed by atoms with E-state index >= 15 is 0 Å². The highest BCUT2D eigenvalue weighted by molar-refractivity contribution is 6.30. The van der Waals surface area contributed by atoms with Gasteiger partial charge >= 0.3 is 5.97 Å². The lowest BCUT2D eigenvalue weighted by atomic mass is 10.00. The van der Waals surface area contributed by atoms with E-state index in [0.717, 1.165) is 5.56 Å². The second-order valence-electron chi connectivity index (χ2n) is 6.34. The average Bonchev–Trinajstić information content (AvgIpc) is 3.05. The molecule has 1 N–H and O–H groups in total. The van der Waals surface area contributed by atoms with E-state index < -0.39 is 12.0 Å². The van der Waals surface area contributed by atoms with Crippen molar-refractivity contribution in [2.45, 2.75) is 6.04 Å². The van der Waals surface area contributed by atoms with Crippen LogP contribution in [-0.4, -0.2) is 22.2 Å². The van der Waals surface area contributed by atoms with Gasteiger partial charge in [-0.1, -0.05) is 23.7 Å². The van der Waals surface area contributed by atoms with Crippen LogP contribution in [0.5, 0.6) is 0 Å². The number of ether oxygens (including phenoxy) is 1. The van der Waals surface area contributed by atoms with Gasteiger partial charge in [-0.05, 0) is 29.8 Å². The minimum atomic E-state index is -0.525. The smallest absolute Gasteiger partial charge is 0.339 e. The SMILES string of the molecule is COC(=O)c1ccn(C)c1C(Nc1cc(Cl)c(=O)n(C)c1)c1ccc(F)cc1. The van der Waals surface area contributed by atoms with Crippen LogP contribution in [0.15, 0.2) is 53.6 Å². The molecular weight excluding hydrogens is 385 g/mol. The van der Waals surface area contributed by atoms with E-state index in [1.807, 2.05) is 0 Å². The van der Waals surface area contributed by atoms with Crippen LogP contribution in [0.1, 0.15) is 27.7 Å². The van der Waals surface area contributed by atoms with E-state index in [4.69, 9.17) is 16.3 Å². The molecule has 0 radical (unpaired) electrons. The summed E-state index contributed by atoms with van der Waals surface area (Å²) >= 11 is 6.03. The molecule has 8 heteroatoms. The van der Waals surface area contributed by atoms with Crippen LogP contribution >= 0.6 is 11.6 Å². The number of hydrogen-bond donors (Lipinski definition) is 1. The summed E-state index contributed by atoms with van der Waals surface area (Å²) in [4.78, 5) is 24.1. The first kappa shape index (κ1) is 19.7. The van der Waals surface area contributed by atoms with Gasteiger partial charge in [-0.15, -0.1) is 0 Å². The summed E-state index contributed by atoms with van der Waals surface area (Å²) in [5, 5.41) is 3.35. The maximum absolute atomic E-state index is 13.5. The van der Waals surface area contributed by atoms with E-state index in [2.05, 4.69) is 5.32 Å². The Hall–Kier alpha value is -3.06. The second-order valence-corrected chi connectivity index (χ2v) is 6.75. The van der Waals surface area contributed by atoms with Crippen LogP contribution in [0, 0.1) is 5.82 Å². The fourth-order valence-electron chi connectivity index (χ4n) is 3.07. The van der Waals surface area contributed by atoms with Crippen molar-refractivity contribution < 1.29 is 13.9 Å². The summed E-state index contributed by atoms with van der Waals surface area (Å²) in [7, 11) is 4.70. The summed E-state index contributed by atoms with van der Waals surface area (Å²) < 4.78 is 21.5. The van der Waals surface area contributed by atoms with E-state index in [9.17, 15) is 14.0 Å². The normalized spacial score (nSPS) is 11.9. The molecule has 3 rings (SSSR count). The second kappa shape index (κ2) is 7.90. The van der Waals surface area contributed by atoms with Crippen molar-refractivity contribution >= 4 is 23.3 Å². The minimum Gasteiger partial charge on any atom is -0.465 e. The molecule has 1 aromatic carbocycles. The van der Waals surface area contributed by atoms with Gasteiger partial charge in [-0.25, -0.2) is 9.18 Å². The van der Waals surface area contributed by atoms with Gasteiger partial charge in [0.15, 0.2) is 0 Å². The number of pyridine rings is 1. The van der Waals surface area contributed by atoms with E-state index in [1.54, 1.807) is 49.3 Å². The van der Waals surface area contributed by atoms with Crippen molar-refractivity contribution in [3.05, 3.63) is 86.8 Å². The van der Waals surface area contributed by atoms with Crippen molar-refractivity contribution in [1.29, 1.82) is 0 Å². The fraction of sp³-hybridized carbons (Fsp3) is 0.200. The molecule has 3 aromatic rings. The Morgan fingerprint density at radius 3 is 2.46 bits per heavy atom. The van der Waals surface area contributed by atoms with Crippen LogP contribution in [0.25, 0.3) is 0 Å². The van der Waals surface area contributed by atoms with Crippen LogP contribution < -0.4 is 10.9 Å². The van der Waals surface area contributed by atoms with E-state index in [0.29, 0.717) is 16.9 Å². The van der Waals surface area contributed by atoms with Crippen LogP contribution in [0.2, 0.25) is 5.02 Å². The number of rotatable bonds is 5. The molecule has 0 spiro atoms. The number of benzene rings is 1. The van der Waals surface area contributed by atoms with Crippen molar-refractivity contribution in [1.82, 2.24) is 9.13 Å². The average molecular weight is 404 g/mol. The highest BCUT2D eigenvalue weighted by atomic mass is 35.5. The maximum atomic E-state index is 13.5. The summed E-state index contributed by atoms with van der Waals surface area (Å²) in [5.74, 6) is -0.851. The van der Waals surface area contributed by atoms with Gasteiger partial charge in [0, 0.05) is 26.5 Å². The van der Waals surface area contributed by atoms with Gasteiger partial charge in [0.2, 0.25) is 0 Å². The first-order valence-electron chi connectivity index (χ1n) is 8.43. The molecule has 0 saturated carbocycles. The Morgan fingerprint density at radius 2 is 1.86 bits per heavy atom. The number of anilines is 1. The van der Waals surface area contributed by atoms with Gasteiger partial charge in [0.1, 0.15) is 10.8 Å². The number of carbonyl (C=O) groups excluding carboxylic acids is 1. The van der Waals surface area contributed by atoms with Crippen LogP contribution in [0.4, 0.5) is 10.1 Å². The van der Waals surface area contributed by atoms with Gasteiger partial charge < -0.3 is 19.2 Å². The Bertz CT molecular complexity index is 1050.